The van der Waals surface area contributed by atoms with Gasteiger partial charge < -0.3 is 16.0 Å². The summed E-state index contributed by atoms with van der Waals surface area (Å²) in [5, 5.41) is 2.77. The first kappa shape index (κ1) is 13.8. The van der Waals surface area contributed by atoms with Crippen LogP contribution >= 0.6 is 0 Å². The maximum absolute atomic E-state index is 11.8. The molecule has 1 fully saturated rings. The van der Waals surface area contributed by atoms with Gasteiger partial charge in [-0.25, -0.2) is 0 Å². The van der Waals surface area contributed by atoms with E-state index in [1.165, 1.54) is 0 Å². The number of rotatable bonds is 4. The van der Waals surface area contributed by atoms with Gasteiger partial charge in [0.1, 0.15) is 5.69 Å². The summed E-state index contributed by atoms with van der Waals surface area (Å²) >= 11 is 0. The first-order chi connectivity index (χ1) is 9.24. The maximum atomic E-state index is 11.8. The molecule has 2 rings (SSSR count). The van der Waals surface area contributed by atoms with Crippen LogP contribution in [0.15, 0.2) is 18.3 Å². The van der Waals surface area contributed by atoms with Gasteiger partial charge in [-0.1, -0.05) is 0 Å². The Balaban J connectivity index is 2.05. The van der Waals surface area contributed by atoms with Gasteiger partial charge in [0.2, 0.25) is 0 Å². The van der Waals surface area contributed by atoms with Gasteiger partial charge in [-0.2, -0.15) is 0 Å². The third-order valence-electron chi connectivity index (χ3n) is 3.63. The van der Waals surface area contributed by atoms with Crippen molar-refractivity contribution in [3.8, 4) is 0 Å². The lowest BCUT2D eigenvalue weighted by molar-refractivity contribution is 0.0951. The Morgan fingerprint density at radius 3 is 2.89 bits per heavy atom. The van der Waals surface area contributed by atoms with Crippen LogP contribution in [0.1, 0.15) is 30.3 Å². The number of carbonyl (C=O) groups is 1. The second-order valence-corrected chi connectivity index (χ2v) is 4.92. The predicted molar refractivity (Wildman–Crippen MR) is 76.2 cm³/mol. The molecule has 3 N–H and O–H groups in total. The molecule has 1 aliphatic rings. The van der Waals surface area contributed by atoms with E-state index in [1.54, 1.807) is 6.20 Å². The topological polar surface area (TPSA) is 71.2 Å². The quantitative estimate of drug-likeness (QED) is 0.849. The number of hydrogen-bond donors (Lipinski definition) is 2. The Labute approximate surface area is 114 Å². The minimum Gasteiger partial charge on any atom is -0.371 e. The van der Waals surface area contributed by atoms with E-state index in [0.29, 0.717) is 18.2 Å². The van der Waals surface area contributed by atoms with Gasteiger partial charge in [-0.3, -0.25) is 9.78 Å². The summed E-state index contributed by atoms with van der Waals surface area (Å²) < 4.78 is 0. The first-order valence-corrected chi connectivity index (χ1v) is 6.94. The zero-order valence-corrected chi connectivity index (χ0v) is 11.4. The number of amides is 1. The fourth-order valence-corrected chi connectivity index (χ4v) is 2.42. The second kappa shape index (κ2) is 6.52. The molecule has 1 aromatic heterocycles. The van der Waals surface area contributed by atoms with Crippen molar-refractivity contribution in [2.75, 3.05) is 31.1 Å². The molecule has 1 aliphatic heterocycles. The highest BCUT2D eigenvalue weighted by Gasteiger charge is 2.19. The number of carbonyl (C=O) groups excluding carboxylic acids is 1. The second-order valence-electron chi connectivity index (χ2n) is 4.92. The molecule has 0 spiro atoms. The van der Waals surface area contributed by atoms with Crippen LogP contribution in [0.4, 0.5) is 5.69 Å². The Morgan fingerprint density at radius 1 is 1.53 bits per heavy atom. The van der Waals surface area contributed by atoms with Gasteiger partial charge in [0.15, 0.2) is 0 Å². The summed E-state index contributed by atoms with van der Waals surface area (Å²) in [6.45, 7) is 5.29. The van der Waals surface area contributed by atoms with E-state index in [9.17, 15) is 4.79 Å². The highest BCUT2D eigenvalue weighted by molar-refractivity contribution is 5.93. The molecule has 1 aromatic rings. The van der Waals surface area contributed by atoms with Gasteiger partial charge in [-0.05, 0) is 44.4 Å². The van der Waals surface area contributed by atoms with Crippen molar-refractivity contribution < 1.29 is 4.79 Å². The van der Waals surface area contributed by atoms with E-state index in [-0.39, 0.29) is 5.91 Å². The minimum atomic E-state index is -0.110. The molecular formula is C14H22N4O. The number of pyridine rings is 1. The highest BCUT2D eigenvalue weighted by Crippen LogP contribution is 2.22. The molecule has 0 unspecified atom stereocenters. The zero-order chi connectivity index (χ0) is 13.7. The number of piperidine rings is 1. The van der Waals surface area contributed by atoms with Crippen LogP contribution in [0, 0.1) is 5.92 Å². The predicted octanol–water partition coefficient (Wildman–Crippen LogP) is 1.01. The zero-order valence-electron chi connectivity index (χ0n) is 11.4. The molecule has 0 atom stereocenters. The van der Waals surface area contributed by atoms with Crippen molar-refractivity contribution in [1.29, 1.82) is 0 Å². The van der Waals surface area contributed by atoms with Crippen LogP contribution in [0.5, 0.6) is 0 Å². The standard InChI is InChI=1S/C14H22N4O/c1-2-16-14(19)13-9-12(3-6-17-13)18-7-4-11(10-15)5-8-18/h3,6,9,11H,2,4-5,7-8,10,15H2,1H3,(H,16,19). The van der Waals surface area contributed by atoms with Crippen LogP contribution in [0.3, 0.4) is 0 Å². The van der Waals surface area contributed by atoms with Gasteiger partial charge in [0, 0.05) is 31.5 Å². The summed E-state index contributed by atoms with van der Waals surface area (Å²) in [6.07, 6.45) is 3.94. The summed E-state index contributed by atoms with van der Waals surface area (Å²) in [7, 11) is 0. The lowest BCUT2D eigenvalue weighted by Crippen LogP contribution is -2.36. The van der Waals surface area contributed by atoms with E-state index >= 15 is 0 Å². The van der Waals surface area contributed by atoms with Crippen molar-refractivity contribution in [2.45, 2.75) is 19.8 Å². The normalized spacial score (nSPS) is 16.4. The van der Waals surface area contributed by atoms with E-state index in [2.05, 4.69) is 15.2 Å². The molecule has 0 bridgehead atoms. The van der Waals surface area contributed by atoms with Crippen LogP contribution in [0.2, 0.25) is 0 Å². The Hall–Kier alpha value is -1.62. The molecule has 1 saturated heterocycles. The Kier molecular flexibility index (Phi) is 4.74. The number of aromatic nitrogens is 1. The highest BCUT2D eigenvalue weighted by atomic mass is 16.1. The van der Waals surface area contributed by atoms with Gasteiger partial charge in [0.25, 0.3) is 5.91 Å². The molecule has 104 valence electrons. The third-order valence-corrected chi connectivity index (χ3v) is 3.63. The average Bonchev–Trinajstić information content (AvgIpc) is 2.48. The monoisotopic (exact) mass is 262 g/mol. The smallest absolute Gasteiger partial charge is 0.269 e. The molecule has 0 aromatic carbocycles. The van der Waals surface area contributed by atoms with Crippen molar-refractivity contribution in [3.05, 3.63) is 24.0 Å². The van der Waals surface area contributed by atoms with Crippen molar-refractivity contribution >= 4 is 11.6 Å². The van der Waals surface area contributed by atoms with E-state index in [0.717, 1.165) is 38.2 Å². The third kappa shape index (κ3) is 3.44. The molecule has 0 aliphatic carbocycles. The van der Waals surface area contributed by atoms with Crippen molar-refractivity contribution in [1.82, 2.24) is 10.3 Å². The average molecular weight is 262 g/mol. The lowest BCUT2D eigenvalue weighted by Gasteiger charge is -2.33. The van der Waals surface area contributed by atoms with Crippen LogP contribution in [0.25, 0.3) is 0 Å². The van der Waals surface area contributed by atoms with Gasteiger partial charge in [-0.15, -0.1) is 0 Å². The van der Waals surface area contributed by atoms with Gasteiger partial charge in [0.05, 0.1) is 0 Å². The Morgan fingerprint density at radius 2 is 2.26 bits per heavy atom. The lowest BCUT2D eigenvalue weighted by atomic mass is 9.97. The molecule has 1 amide bonds. The van der Waals surface area contributed by atoms with Crippen LogP contribution < -0.4 is 16.0 Å². The fourth-order valence-electron chi connectivity index (χ4n) is 2.42. The summed E-state index contributed by atoms with van der Waals surface area (Å²) in [4.78, 5) is 18.2. The van der Waals surface area contributed by atoms with E-state index < -0.39 is 0 Å². The summed E-state index contributed by atoms with van der Waals surface area (Å²) in [6, 6.07) is 3.83. The van der Waals surface area contributed by atoms with Crippen LogP contribution in [-0.2, 0) is 0 Å². The van der Waals surface area contributed by atoms with E-state index in [1.807, 2.05) is 19.1 Å². The van der Waals surface area contributed by atoms with E-state index in [4.69, 9.17) is 5.73 Å². The van der Waals surface area contributed by atoms with Crippen molar-refractivity contribution in [3.63, 3.8) is 0 Å². The summed E-state index contributed by atoms with van der Waals surface area (Å²) in [5.41, 5.74) is 7.27. The molecule has 0 radical (unpaired) electrons. The number of nitrogens with zero attached hydrogens (tertiary/aromatic N) is 2. The molecule has 0 saturated carbocycles. The number of anilines is 1. The number of nitrogens with one attached hydrogen (secondary N) is 1. The fraction of sp³-hybridized carbons (Fsp3) is 0.571. The van der Waals surface area contributed by atoms with Crippen LogP contribution in [-0.4, -0.2) is 37.1 Å². The Bertz CT molecular complexity index is 427. The number of nitrogens with two attached hydrogens (primary N) is 1. The van der Waals surface area contributed by atoms with Gasteiger partial charge >= 0.3 is 0 Å². The minimum absolute atomic E-state index is 0.110. The number of hydrogen-bond acceptors (Lipinski definition) is 4. The molecule has 5 heteroatoms. The first-order valence-electron chi connectivity index (χ1n) is 6.94. The molecule has 5 nitrogen and oxygen atoms in total. The molecule has 2 heterocycles. The maximum Gasteiger partial charge on any atom is 0.269 e. The SMILES string of the molecule is CCNC(=O)c1cc(N2CCC(CN)CC2)ccn1. The molecular weight excluding hydrogens is 240 g/mol. The summed E-state index contributed by atoms with van der Waals surface area (Å²) in [5.74, 6) is 0.530. The largest absolute Gasteiger partial charge is 0.371 e. The molecule has 19 heavy (non-hydrogen) atoms. The van der Waals surface area contributed by atoms with Crippen molar-refractivity contribution in [2.24, 2.45) is 11.7 Å².